The summed E-state index contributed by atoms with van der Waals surface area (Å²) < 4.78 is 5.28. The molecule has 1 heterocycles. The van der Waals surface area contributed by atoms with Gasteiger partial charge < -0.3 is 10.5 Å². The molecule has 0 saturated carbocycles. The van der Waals surface area contributed by atoms with E-state index in [2.05, 4.69) is 6.58 Å². The van der Waals surface area contributed by atoms with Gasteiger partial charge in [0.05, 0.1) is 0 Å². The van der Waals surface area contributed by atoms with Crippen molar-refractivity contribution in [2.24, 2.45) is 5.73 Å². The third-order valence-corrected chi connectivity index (χ3v) is 2.09. The van der Waals surface area contributed by atoms with Gasteiger partial charge in [0, 0.05) is 11.1 Å². The molecular weight excluding hydrogens is 176 g/mol. The highest BCUT2D eigenvalue weighted by molar-refractivity contribution is 5.86. The Bertz CT molecular complexity index is 480. The van der Waals surface area contributed by atoms with Crippen LogP contribution < -0.4 is 10.5 Å². The number of allylic oxidation sites excluding steroid dienone is 2. The summed E-state index contributed by atoms with van der Waals surface area (Å²) in [5, 5.41) is 8.83. The zero-order chi connectivity index (χ0) is 10.1. The quantitative estimate of drug-likeness (QED) is 0.668. The first-order valence-corrected chi connectivity index (χ1v) is 4.10. The Kier molecular flexibility index (Phi) is 1.76. The zero-order valence-corrected chi connectivity index (χ0v) is 7.45. The van der Waals surface area contributed by atoms with Gasteiger partial charge in [-0.2, -0.15) is 5.26 Å². The van der Waals surface area contributed by atoms with Crippen LogP contribution in [0.3, 0.4) is 0 Å². The van der Waals surface area contributed by atoms with Gasteiger partial charge in [-0.05, 0) is 6.07 Å². The SMILES string of the molecule is C=C1C(C#N)=C(N)Oc2ccccc21. The molecule has 0 saturated heterocycles. The first-order valence-electron chi connectivity index (χ1n) is 4.10. The minimum absolute atomic E-state index is 0.121. The van der Waals surface area contributed by atoms with E-state index < -0.39 is 0 Å². The fourth-order valence-electron chi connectivity index (χ4n) is 1.38. The van der Waals surface area contributed by atoms with E-state index in [9.17, 15) is 0 Å². The van der Waals surface area contributed by atoms with Gasteiger partial charge >= 0.3 is 0 Å². The Hall–Kier alpha value is -2.21. The summed E-state index contributed by atoms with van der Waals surface area (Å²) in [6, 6.07) is 9.33. The molecule has 0 radical (unpaired) electrons. The number of para-hydroxylation sites is 1. The van der Waals surface area contributed by atoms with Crippen molar-refractivity contribution < 1.29 is 4.74 Å². The van der Waals surface area contributed by atoms with Gasteiger partial charge in [-0.3, -0.25) is 0 Å². The third-order valence-electron chi connectivity index (χ3n) is 2.09. The summed E-state index contributed by atoms with van der Waals surface area (Å²) in [4.78, 5) is 0. The highest BCUT2D eigenvalue weighted by atomic mass is 16.5. The van der Waals surface area contributed by atoms with Crippen LogP contribution >= 0.6 is 0 Å². The Balaban J connectivity index is 2.61. The molecular formula is C11H8N2O. The lowest BCUT2D eigenvalue weighted by molar-refractivity contribution is 0.411. The predicted octanol–water partition coefficient (Wildman–Crippen LogP) is 1.79. The molecule has 1 aliphatic heterocycles. The van der Waals surface area contributed by atoms with Gasteiger partial charge in [-0.15, -0.1) is 0 Å². The minimum atomic E-state index is 0.121. The number of nitrogens with zero attached hydrogens (tertiary/aromatic N) is 1. The number of nitriles is 1. The van der Waals surface area contributed by atoms with Gasteiger partial charge in [-0.1, -0.05) is 24.8 Å². The molecule has 0 fully saturated rings. The van der Waals surface area contributed by atoms with Gasteiger partial charge in [0.15, 0.2) is 0 Å². The average molecular weight is 184 g/mol. The van der Waals surface area contributed by atoms with Crippen LogP contribution in [0.15, 0.2) is 42.3 Å². The molecule has 3 heteroatoms. The Morgan fingerprint density at radius 3 is 2.79 bits per heavy atom. The Morgan fingerprint density at radius 1 is 1.36 bits per heavy atom. The molecule has 0 aliphatic carbocycles. The minimum Gasteiger partial charge on any atom is -0.440 e. The topological polar surface area (TPSA) is 59.0 Å². The first kappa shape index (κ1) is 8.39. The largest absolute Gasteiger partial charge is 0.440 e. The van der Waals surface area contributed by atoms with Gasteiger partial charge in [0.1, 0.15) is 17.4 Å². The molecule has 3 nitrogen and oxygen atoms in total. The molecule has 2 N–H and O–H groups in total. The van der Waals surface area contributed by atoms with E-state index in [-0.39, 0.29) is 5.88 Å². The average Bonchev–Trinajstić information content (AvgIpc) is 2.18. The van der Waals surface area contributed by atoms with Crippen LogP contribution in [0.5, 0.6) is 5.75 Å². The summed E-state index contributed by atoms with van der Waals surface area (Å²) in [5.74, 6) is 0.769. The van der Waals surface area contributed by atoms with E-state index in [1.54, 1.807) is 6.07 Å². The molecule has 0 unspecified atom stereocenters. The lowest BCUT2D eigenvalue weighted by atomic mass is 9.98. The van der Waals surface area contributed by atoms with Gasteiger partial charge in [0.25, 0.3) is 0 Å². The second-order valence-electron chi connectivity index (χ2n) is 2.93. The monoisotopic (exact) mass is 184 g/mol. The first-order chi connectivity index (χ1) is 6.74. The molecule has 0 aromatic heterocycles. The van der Waals surface area contributed by atoms with Crippen LogP contribution in [0.4, 0.5) is 0 Å². The fraction of sp³-hybridized carbons (Fsp3) is 0. The molecule has 0 amide bonds. The lowest BCUT2D eigenvalue weighted by Gasteiger charge is -2.18. The molecule has 68 valence electrons. The standard InChI is InChI=1S/C11H8N2O/c1-7-8-4-2-3-5-10(8)14-11(13)9(7)6-12/h2-5H,1,13H2. The smallest absolute Gasteiger partial charge is 0.209 e. The number of hydrogen-bond acceptors (Lipinski definition) is 3. The normalized spacial score (nSPS) is 14.4. The lowest BCUT2D eigenvalue weighted by Crippen LogP contribution is -2.15. The summed E-state index contributed by atoms with van der Waals surface area (Å²) in [6.45, 7) is 3.82. The molecule has 2 rings (SSSR count). The maximum absolute atomic E-state index is 8.83. The highest BCUT2D eigenvalue weighted by Crippen LogP contribution is 2.35. The number of hydrogen-bond donors (Lipinski definition) is 1. The number of benzene rings is 1. The van der Waals surface area contributed by atoms with E-state index in [0.717, 1.165) is 5.56 Å². The number of ether oxygens (including phenoxy) is 1. The number of nitrogens with two attached hydrogens (primary N) is 1. The summed E-state index contributed by atoms with van der Waals surface area (Å²) in [6.07, 6.45) is 0. The predicted molar refractivity (Wildman–Crippen MR) is 52.9 cm³/mol. The van der Waals surface area contributed by atoms with Crippen LogP contribution in [0.1, 0.15) is 5.56 Å². The Morgan fingerprint density at radius 2 is 2.07 bits per heavy atom. The van der Waals surface area contributed by atoms with Crippen molar-refractivity contribution in [3.05, 3.63) is 47.9 Å². The van der Waals surface area contributed by atoms with E-state index in [1.807, 2.05) is 24.3 Å². The molecule has 0 spiro atoms. The van der Waals surface area contributed by atoms with Crippen molar-refractivity contribution in [2.45, 2.75) is 0 Å². The second-order valence-corrected chi connectivity index (χ2v) is 2.93. The number of rotatable bonds is 0. The maximum atomic E-state index is 8.83. The van der Waals surface area contributed by atoms with Crippen LogP contribution in [0.2, 0.25) is 0 Å². The molecule has 14 heavy (non-hydrogen) atoms. The van der Waals surface area contributed by atoms with Crippen molar-refractivity contribution in [1.82, 2.24) is 0 Å². The fourth-order valence-corrected chi connectivity index (χ4v) is 1.38. The van der Waals surface area contributed by atoms with E-state index in [4.69, 9.17) is 15.7 Å². The van der Waals surface area contributed by atoms with Crippen LogP contribution in [0, 0.1) is 11.3 Å². The molecule has 1 aliphatic rings. The maximum Gasteiger partial charge on any atom is 0.209 e. The number of fused-ring (bicyclic) bond motifs is 1. The van der Waals surface area contributed by atoms with E-state index in [0.29, 0.717) is 16.9 Å². The van der Waals surface area contributed by atoms with Crippen LogP contribution in [0.25, 0.3) is 5.57 Å². The van der Waals surface area contributed by atoms with Crippen molar-refractivity contribution >= 4 is 5.57 Å². The molecule has 0 bridgehead atoms. The van der Waals surface area contributed by atoms with Gasteiger partial charge in [0.2, 0.25) is 5.88 Å². The van der Waals surface area contributed by atoms with Crippen molar-refractivity contribution in [1.29, 1.82) is 5.26 Å². The molecule has 1 aromatic rings. The second kappa shape index (κ2) is 2.93. The molecule has 0 atom stereocenters. The molecule has 1 aromatic carbocycles. The zero-order valence-electron chi connectivity index (χ0n) is 7.45. The van der Waals surface area contributed by atoms with E-state index >= 15 is 0 Å². The highest BCUT2D eigenvalue weighted by Gasteiger charge is 2.20. The Labute approximate surface area is 81.7 Å². The van der Waals surface area contributed by atoms with Crippen LogP contribution in [-0.4, -0.2) is 0 Å². The van der Waals surface area contributed by atoms with Crippen molar-refractivity contribution in [2.75, 3.05) is 0 Å². The van der Waals surface area contributed by atoms with Crippen molar-refractivity contribution in [3.63, 3.8) is 0 Å². The summed E-state index contributed by atoms with van der Waals surface area (Å²) in [7, 11) is 0. The van der Waals surface area contributed by atoms with E-state index in [1.165, 1.54) is 0 Å². The van der Waals surface area contributed by atoms with Crippen LogP contribution in [-0.2, 0) is 0 Å². The summed E-state index contributed by atoms with van der Waals surface area (Å²) in [5.41, 5.74) is 7.31. The third kappa shape index (κ3) is 1.05. The van der Waals surface area contributed by atoms with Gasteiger partial charge in [-0.25, -0.2) is 0 Å². The van der Waals surface area contributed by atoms with Crippen molar-refractivity contribution in [3.8, 4) is 11.8 Å². The summed E-state index contributed by atoms with van der Waals surface area (Å²) >= 11 is 0.